The predicted octanol–water partition coefficient (Wildman–Crippen LogP) is 6.76. The van der Waals surface area contributed by atoms with Crippen molar-refractivity contribution in [2.45, 2.75) is 6.92 Å². The van der Waals surface area contributed by atoms with E-state index in [0.717, 1.165) is 16.7 Å². The first-order chi connectivity index (χ1) is 16.1. The molecular weight excluding hydrogens is 438 g/mol. The zero-order valence-corrected chi connectivity index (χ0v) is 18.3. The Hall–Kier alpha value is -4.16. The first kappa shape index (κ1) is 20.7. The van der Waals surface area contributed by atoms with Gasteiger partial charge in [-0.25, -0.2) is 4.98 Å². The summed E-state index contributed by atoms with van der Waals surface area (Å²) in [4.78, 5) is 20.9. The van der Waals surface area contributed by atoms with Gasteiger partial charge in [0.15, 0.2) is 11.2 Å². The lowest BCUT2D eigenvalue weighted by atomic mass is 10.1. The molecule has 3 aromatic heterocycles. The zero-order chi connectivity index (χ0) is 22.8. The number of amides is 1. The van der Waals surface area contributed by atoms with Crippen LogP contribution in [0.3, 0.4) is 0 Å². The van der Waals surface area contributed by atoms with E-state index >= 15 is 0 Å². The van der Waals surface area contributed by atoms with Crippen molar-refractivity contribution >= 4 is 40.5 Å². The number of fused-ring (bicyclic) bond motifs is 1. The molecule has 0 aliphatic rings. The lowest BCUT2D eigenvalue weighted by molar-refractivity contribution is -0.111. The van der Waals surface area contributed by atoms with Crippen LogP contribution in [0.15, 0.2) is 87.8 Å². The summed E-state index contributed by atoms with van der Waals surface area (Å²) in [5.74, 6) is 1.47. The van der Waals surface area contributed by atoms with Crippen molar-refractivity contribution < 1.29 is 13.6 Å². The number of hydrogen-bond donors (Lipinski definition) is 1. The van der Waals surface area contributed by atoms with E-state index in [2.05, 4.69) is 15.3 Å². The summed E-state index contributed by atoms with van der Waals surface area (Å²) in [6, 6.07) is 20.2. The minimum Gasteiger partial charge on any atom is -0.457 e. The smallest absolute Gasteiger partial charge is 0.248 e. The lowest BCUT2D eigenvalue weighted by Crippen LogP contribution is -2.07. The van der Waals surface area contributed by atoms with Gasteiger partial charge in [0.25, 0.3) is 0 Å². The fraction of sp³-hybridized carbons (Fsp3) is 0.0385. The van der Waals surface area contributed by atoms with Gasteiger partial charge in [-0.05, 0) is 73.2 Å². The van der Waals surface area contributed by atoms with E-state index in [0.29, 0.717) is 39.4 Å². The molecule has 0 saturated heterocycles. The average Bonchev–Trinajstić information content (AvgIpc) is 3.47. The number of halogens is 1. The maximum atomic E-state index is 12.3. The van der Waals surface area contributed by atoms with E-state index in [1.807, 2.05) is 55.5 Å². The van der Waals surface area contributed by atoms with Gasteiger partial charge in [-0.3, -0.25) is 4.79 Å². The summed E-state index contributed by atoms with van der Waals surface area (Å²) in [6.45, 7) is 1.94. The number of hydrogen-bond acceptors (Lipinski definition) is 5. The van der Waals surface area contributed by atoms with Crippen LogP contribution in [0.2, 0.25) is 5.02 Å². The van der Waals surface area contributed by atoms with Crippen LogP contribution in [0, 0.1) is 6.92 Å². The fourth-order valence-corrected chi connectivity index (χ4v) is 3.57. The number of rotatable bonds is 5. The monoisotopic (exact) mass is 455 g/mol. The highest BCUT2D eigenvalue weighted by Crippen LogP contribution is 2.30. The maximum absolute atomic E-state index is 12.3. The van der Waals surface area contributed by atoms with Gasteiger partial charge in [0.1, 0.15) is 11.5 Å². The molecule has 0 radical (unpaired) electrons. The minimum atomic E-state index is -0.273. The number of anilines is 1. The highest BCUT2D eigenvalue weighted by Gasteiger charge is 2.10. The fourth-order valence-electron chi connectivity index (χ4n) is 3.39. The summed E-state index contributed by atoms with van der Waals surface area (Å²) in [6.07, 6.45) is 4.72. The van der Waals surface area contributed by atoms with Gasteiger partial charge in [0.2, 0.25) is 11.8 Å². The zero-order valence-electron chi connectivity index (χ0n) is 17.6. The Morgan fingerprint density at radius 3 is 2.67 bits per heavy atom. The van der Waals surface area contributed by atoms with E-state index in [4.69, 9.17) is 20.4 Å². The van der Waals surface area contributed by atoms with Crippen molar-refractivity contribution in [3.05, 3.63) is 95.3 Å². The molecule has 1 N–H and O–H groups in total. The molecule has 33 heavy (non-hydrogen) atoms. The third kappa shape index (κ3) is 4.42. The third-order valence-electron chi connectivity index (χ3n) is 5.12. The summed E-state index contributed by atoms with van der Waals surface area (Å²) in [5, 5.41) is 3.50. The van der Waals surface area contributed by atoms with Crippen LogP contribution in [-0.4, -0.2) is 15.9 Å². The van der Waals surface area contributed by atoms with E-state index < -0.39 is 0 Å². The molecule has 1 amide bonds. The van der Waals surface area contributed by atoms with E-state index in [9.17, 15) is 4.79 Å². The SMILES string of the molecule is Cc1c(Cl)cccc1-c1ccc(C=CC(=O)Nc2ccc(-c3nc4ncccc4o3)cc2)o1. The Kier molecular flexibility index (Phi) is 5.50. The van der Waals surface area contributed by atoms with Crippen molar-refractivity contribution in [3.8, 4) is 22.8 Å². The van der Waals surface area contributed by atoms with Crippen LogP contribution in [0.5, 0.6) is 0 Å². The molecule has 0 saturated carbocycles. The Bertz CT molecular complexity index is 1450. The summed E-state index contributed by atoms with van der Waals surface area (Å²) >= 11 is 6.19. The Balaban J connectivity index is 1.25. The number of nitrogens with zero attached hydrogens (tertiary/aromatic N) is 2. The summed E-state index contributed by atoms with van der Waals surface area (Å²) in [5.41, 5.74) is 4.49. The van der Waals surface area contributed by atoms with Crippen molar-refractivity contribution in [1.82, 2.24) is 9.97 Å². The molecule has 5 rings (SSSR count). The van der Waals surface area contributed by atoms with Crippen LogP contribution in [0.25, 0.3) is 40.1 Å². The lowest BCUT2D eigenvalue weighted by Gasteiger charge is -2.04. The summed E-state index contributed by atoms with van der Waals surface area (Å²) < 4.78 is 11.6. The first-order valence-electron chi connectivity index (χ1n) is 10.2. The van der Waals surface area contributed by atoms with Gasteiger partial charge in [-0.2, -0.15) is 4.98 Å². The van der Waals surface area contributed by atoms with Crippen LogP contribution in [0.4, 0.5) is 5.69 Å². The van der Waals surface area contributed by atoms with Crippen LogP contribution in [0.1, 0.15) is 11.3 Å². The molecule has 0 bridgehead atoms. The number of carbonyl (C=O) groups excluding carboxylic acids is 1. The molecular formula is C26H18ClN3O3. The van der Waals surface area contributed by atoms with Crippen molar-refractivity contribution in [1.29, 1.82) is 0 Å². The number of oxazole rings is 1. The number of carbonyl (C=O) groups is 1. The molecule has 162 valence electrons. The normalized spacial score (nSPS) is 11.3. The van der Waals surface area contributed by atoms with E-state index in [1.54, 1.807) is 30.5 Å². The van der Waals surface area contributed by atoms with Crippen LogP contribution < -0.4 is 5.32 Å². The molecule has 5 aromatic rings. The second-order valence-electron chi connectivity index (χ2n) is 7.36. The Morgan fingerprint density at radius 2 is 1.85 bits per heavy atom. The number of benzene rings is 2. The maximum Gasteiger partial charge on any atom is 0.248 e. The first-order valence-corrected chi connectivity index (χ1v) is 10.6. The second-order valence-corrected chi connectivity index (χ2v) is 7.77. The predicted molar refractivity (Wildman–Crippen MR) is 129 cm³/mol. The van der Waals surface area contributed by atoms with Gasteiger partial charge in [0, 0.05) is 34.1 Å². The minimum absolute atomic E-state index is 0.273. The van der Waals surface area contributed by atoms with Crippen LogP contribution >= 0.6 is 11.6 Å². The quantitative estimate of drug-likeness (QED) is 0.296. The molecule has 0 atom stereocenters. The molecule has 0 aliphatic heterocycles. The molecule has 3 heterocycles. The summed E-state index contributed by atoms with van der Waals surface area (Å²) in [7, 11) is 0. The third-order valence-corrected chi connectivity index (χ3v) is 5.53. The molecule has 0 unspecified atom stereocenters. The van der Waals surface area contributed by atoms with Gasteiger partial charge in [-0.1, -0.05) is 23.7 Å². The second kappa shape index (κ2) is 8.76. The number of furan rings is 1. The van der Waals surface area contributed by atoms with Gasteiger partial charge in [-0.15, -0.1) is 0 Å². The number of nitrogens with one attached hydrogen (secondary N) is 1. The molecule has 0 spiro atoms. The van der Waals surface area contributed by atoms with Crippen molar-refractivity contribution in [2.75, 3.05) is 5.32 Å². The Labute approximate surface area is 194 Å². The van der Waals surface area contributed by atoms with Gasteiger partial charge >= 0.3 is 0 Å². The van der Waals surface area contributed by atoms with E-state index in [1.165, 1.54) is 6.08 Å². The highest BCUT2D eigenvalue weighted by atomic mass is 35.5. The number of pyridine rings is 1. The standard InChI is InChI=1S/C26H18ClN3O3/c1-16-20(4-2-5-21(16)27)22-13-11-19(32-22)12-14-24(31)29-18-9-7-17(8-10-18)26-30-25-23(33-26)6-3-15-28-25/h2-15H,1H3,(H,29,31). The van der Waals surface area contributed by atoms with Crippen molar-refractivity contribution in [3.63, 3.8) is 0 Å². The number of aromatic nitrogens is 2. The molecule has 7 heteroatoms. The topological polar surface area (TPSA) is 81.2 Å². The van der Waals surface area contributed by atoms with Crippen molar-refractivity contribution in [2.24, 2.45) is 0 Å². The Morgan fingerprint density at radius 1 is 1.00 bits per heavy atom. The molecule has 0 fully saturated rings. The van der Waals surface area contributed by atoms with Gasteiger partial charge < -0.3 is 14.2 Å². The molecule has 2 aromatic carbocycles. The molecule has 6 nitrogen and oxygen atoms in total. The molecule has 0 aliphatic carbocycles. The van der Waals surface area contributed by atoms with E-state index in [-0.39, 0.29) is 5.91 Å². The van der Waals surface area contributed by atoms with Crippen LogP contribution in [-0.2, 0) is 4.79 Å². The largest absolute Gasteiger partial charge is 0.457 e. The highest BCUT2D eigenvalue weighted by molar-refractivity contribution is 6.31. The average molecular weight is 456 g/mol. The van der Waals surface area contributed by atoms with Gasteiger partial charge in [0.05, 0.1) is 0 Å².